The molecule has 8 nitrogen and oxygen atoms in total. The molecule has 2 heterocycles. The van der Waals surface area contributed by atoms with Gasteiger partial charge in [-0.15, -0.1) is 10.2 Å². The van der Waals surface area contributed by atoms with Crippen LogP contribution >= 0.6 is 0 Å². The van der Waals surface area contributed by atoms with Crippen LogP contribution in [0.3, 0.4) is 0 Å². The van der Waals surface area contributed by atoms with Crippen LogP contribution in [0.4, 0.5) is 0 Å². The molecule has 0 aliphatic rings. The number of aromatic nitrogens is 4. The molecule has 0 fully saturated rings. The molecule has 0 saturated heterocycles. The molecule has 0 spiro atoms. The van der Waals surface area contributed by atoms with E-state index in [0.717, 1.165) is 18.4 Å². The van der Waals surface area contributed by atoms with Gasteiger partial charge >= 0.3 is 0 Å². The van der Waals surface area contributed by atoms with Crippen molar-refractivity contribution in [2.24, 2.45) is 5.92 Å². The first kappa shape index (κ1) is 22.9. The molecule has 8 heteroatoms. The van der Waals surface area contributed by atoms with Crippen molar-refractivity contribution in [2.45, 2.75) is 66.0 Å². The molecule has 3 rings (SSSR count). The SMILES string of the molecule is CC(C)CCn1c(=O)c2ccccc2n2c(CCC(=O)NCCCOC(C)C)nnc12. The fourth-order valence-electron chi connectivity index (χ4n) is 3.50. The maximum Gasteiger partial charge on any atom is 0.262 e. The molecule has 168 valence electrons. The smallest absolute Gasteiger partial charge is 0.262 e. The first-order valence-corrected chi connectivity index (χ1v) is 11.1. The van der Waals surface area contributed by atoms with Gasteiger partial charge in [-0.25, -0.2) is 0 Å². The highest BCUT2D eigenvalue weighted by atomic mass is 16.5. The Kier molecular flexibility index (Phi) is 7.79. The largest absolute Gasteiger partial charge is 0.379 e. The van der Waals surface area contributed by atoms with Gasteiger partial charge in [-0.1, -0.05) is 26.0 Å². The van der Waals surface area contributed by atoms with Crippen LogP contribution in [-0.2, 0) is 22.5 Å². The summed E-state index contributed by atoms with van der Waals surface area (Å²) in [5.74, 6) is 1.66. The summed E-state index contributed by atoms with van der Waals surface area (Å²) in [6, 6.07) is 7.50. The van der Waals surface area contributed by atoms with Gasteiger partial charge < -0.3 is 10.1 Å². The first-order valence-electron chi connectivity index (χ1n) is 11.1. The zero-order chi connectivity index (χ0) is 22.4. The van der Waals surface area contributed by atoms with Gasteiger partial charge in [0.25, 0.3) is 5.56 Å². The van der Waals surface area contributed by atoms with Crippen molar-refractivity contribution in [1.82, 2.24) is 24.5 Å². The second-order valence-corrected chi connectivity index (χ2v) is 8.53. The normalized spacial score (nSPS) is 11.8. The number of carbonyl (C=O) groups is 1. The van der Waals surface area contributed by atoms with Gasteiger partial charge in [0, 0.05) is 32.5 Å². The summed E-state index contributed by atoms with van der Waals surface area (Å²) >= 11 is 0. The third-order valence-corrected chi connectivity index (χ3v) is 5.18. The second kappa shape index (κ2) is 10.5. The Morgan fingerprint density at radius 3 is 2.68 bits per heavy atom. The van der Waals surface area contributed by atoms with Gasteiger partial charge in [0.2, 0.25) is 11.7 Å². The van der Waals surface area contributed by atoms with Crippen LogP contribution in [0.2, 0.25) is 0 Å². The molecule has 0 saturated carbocycles. The highest BCUT2D eigenvalue weighted by molar-refractivity contribution is 5.80. The molecular formula is C23H33N5O3. The van der Waals surface area contributed by atoms with E-state index in [1.807, 2.05) is 42.5 Å². The second-order valence-electron chi connectivity index (χ2n) is 8.53. The Balaban J connectivity index is 1.77. The van der Waals surface area contributed by atoms with Crippen LogP contribution in [-0.4, -0.2) is 44.3 Å². The van der Waals surface area contributed by atoms with Gasteiger partial charge in [0.05, 0.1) is 17.0 Å². The Bertz CT molecular complexity index is 1080. The highest BCUT2D eigenvalue weighted by Crippen LogP contribution is 2.16. The lowest BCUT2D eigenvalue weighted by atomic mass is 10.1. The molecule has 0 bridgehead atoms. The predicted molar refractivity (Wildman–Crippen MR) is 121 cm³/mol. The topological polar surface area (TPSA) is 90.5 Å². The van der Waals surface area contributed by atoms with Crippen molar-refractivity contribution in [1.29, 1.82) is 0 Å². The van der Waals surface area contributed by atoms with Crippen molar-refractivity contribution in [2.75, 3.05) is 13.2 Å². The van der Waals surface area contributed by atoms with Crippen LogP contribution in [0.15, 0.2) is 29.1 Å². The Hall–Kier alpha value is -2.74. The Morgan fingerprint density at radius 2 is 1.94 bits per heavy atom. The molecule has 31 heavy (non-hydrogen) atoms. The number of aryl methyl sites for hydroxylation is 2. The van der Waals surface area contributed by atoms with Crippen LogP contribution in [0.5, 0.6) is 0 Å². The number of ether oxygens (including phenoxy) is 1. The minimum Gasteiger partial charge on any atom is -0.379 e. The maximum atomic E-state index is 13.1. The molecule has 0 unspecified atom stereocenters. The zero-order valence-electron chi connectivity index (χ0n) is 18.9. The third kappa shape index (κ3) is 5.70. The molecule has 0 atom stereocenters. The molecule has 0 aliphatic heterocycles. The Morgan fingerprint density at radius 1 is 1.16 bits per heavy atom. The molecule has 1 N–H and O–H groups in total. The highest BCUT2D eigenvalue weighted by Gasteiger charge is 2.17. The molecular weight excluding hydrogens is 394 g/mol. The summed E-state index contributed by atoms with van der Waals surface area (Å²) < 4.78 is 9.11. The van der Waals surface area contributed by atoms with Gasteiger partial charge in [-0.05, 0) is 44.7 Å². The summed E-state index contributed by atoms with van der Waals surface area (Å²) in [4.78, 5) is 25.3. The minimum atomic E-state index is -0.0518. The van der Waals surface area contributed by atoms with Crippen molar-refractivity contribution in [3.63, 3.8) is 0 Å². The quantitative estimate of drug-likeness (QED) is 0.475. The number of nitrogens with one attached hydrogen (secondary N) is 1. The zero-order valence-corrected chi connectivity index (χ0v) is 18.9. The van der Waals surface area contributed by atoms with Crippen LogP contribution in [0.1, 0.15) is 52.8 Å². The number of hydrogen-bond acceptors (Lipinski definition) is 5. The van der Waals surface area contributed by atoms with E-state index in [9.17, 15) is 9.59 Å². The summed E-state index contributed by atoms with van der Waals surface area (Å²) in [5.41, 5.74) is 0.721. The van der Waals surface area contributed by atoms with Gasteiger partial charge in [-0.2, -0.15) is 0 Å². The number of hydrogen-bond donors (Lipinski definition) is 1. The number of amides is 1. The number of rotatable bonds is 11. The van der Waals surface area contributed by atoms with E-state index in [1.54, 1.807) is 4.57 Å². The molecule has 1 amide bonds. The molecule has 2 aromatic heterocycles. The number of nitrogens with zero attached hydrogens (tertiary/aromatic N) is 4. The molecule has 0 aliphatic carbocycles. The van der Waals surface area contributed by atoms with E-state index >= 15 is 0 Å². The lowest BCUT2D eigenvalue weighted by molar-refractivity contribution is -0.121. The first-order chi connectivity index (χ1) is 14.9. The van der Waals surface area contributed by atoms with Gasteiger partial charge in [0.1, 0.15) is 5.82 Å². The summed E-state index contributed by atoms with van der Waals surface area (Å²) in [5, 5.41) is 12.2. The number of para-hydroxylation sites is 1. The number of carbonyl (C=O) groups excluding carboxylic acids is 1. The number of fused-ring (bicyclic) bond motifs is 3. The molecule has 0 radical (unpaired) electrons. The lowest BCUT2D eigenvalue weighted by Crippen LogP contribution is -2.26. The minimum absolute atomic E-state index is 0.0290. The maximum absolute atomic E-state index is 13.1. The van der Waals surface area contributed by atoms with E-state index in [2.05, 4.69) is 29.4 Å². The monoisotopic (exact) mass is 427 g/mol. The lowest BCUT2D eigenvalue weighted by Gasteiger charge is -2.12. The molecule has 3 aromatic rings. The van der Waals surface area contributed by atoms with Crippen LogP contribution in [0, 0.1) is 5.92 Å². The van der Waals surface area contributed by atoms with E-state index < -0.39 is 0 Å². The van der Waals surface area contributed by atoms with Crippen LogP contribution in [0.25, 0.3) is 16.7 Å². The summed E-state index contributed by atoms with van der Waals surface area (Å²) in [6.45, 7) is 10.1. The average molecular weight is 428 g/mol. The standard InChI is InChI=1S/C23H33N5O3/c1-16(2)12-14-27-22(30)18-8-5-6-9-19(18)28-20(25-26-23(27)28)10-11-21(29)24-13-7-15-31-17(3)4/h5-6,8-9,16-17H,7,10-15H2,1-4H3,(H,24,29). The van der Waals surface area contributed by atoms with Crippen molar-refractivity contribution in [3.8, 4) is 0 Å². The van der Waals surface area contributed by atoms with Gasteiger partial charge in [0.15, 0.2) is 0 Å². The van der Waals surface area contributed by atoms with E-state index in [-0.39, 0.29) is 17.6 Å². The summed E-state index contributed by atoms with van der Waals surface area (Å²) in [6.07, 6.45) is 2.61. The molecule has 1 aromatic carbocycles. The van der Waals surface area contributed by atoms with E-state index in [0.29, 0.717) is 55.4 Å². The van der Waals surface area contributed by atoms with Crippen molar-refractivity contribution in [3.05, 3.63) is 40.4 Å². The fourth-order valence-corrected chi connectivity index (χ4v) is 3.50. The predicted octanol–water partition coefficient (Wildman–Crippen LogP) is 2.95. The van der Waals surface area contributed by atoms with Crippen molar-refractivity contribution >= 4 is 22.6 Å². The van der Waals surface area contributed by atoms with Crippen LogP contribution < -0.4 is 10.9 Å². The van der Waals surface area contributed by atoms with Gasteiger partial charge in [-0.3, -0.25) is 18.6 Å². The third-order valence-electron chi connectivity index (χ3n) is 5.18. The van der Waals surface area contributed by atoms with Crippen molar-refractivity contribution < 1.29 is 9.53 Å². The number of benzene rings is 1. The summed E-state index contributed by atoms with van der Waals surface area (Å²) in [7, 11) is 0. The van der Waals surface area contributed by atoms with E-state index in [4.69, 9.17) is 4.74 Å². The van der Waals surface area contributed by atoms with E-state index in [1.165, 1.54) is 0 Å². The Labute approximate surface area is 182 Å². The average Bonchev–Trinajstić information content (AvgIpc) is 3.15. The fraction of sp³-hybridized carbons (Fsp3) is 0.565.